The summed E-state index contributed by atoms with van der Waals surface area (Å²) in [6.45, 7) is 0. The second-order valence-electron chi connectivity index (χ2n) is 5.10. The lowest BCUT2D eigenvalue weighted by Crippen LogP contribution is -1.89. The molecular weight excluding hydrogens is 324 g/mol. The third kappa shape index (κ3) is 3.43. The number of nitrogens with zero attached hydrogens (tertiary/aromatic N) is 3. The molecule has 0 unspecified atom stereocenters. The number of aromatic nitrogens is 4. The Bertz CT molecular complexity index is 915. The average Bonchev–Trinajstić information content (AvgIpc) is 3.25. The molecule has 0 saturated carbocycles. The number of pyridine rings is 1. The predicted molar refractivity (Wildman–Crippen MR) is 94.8 cm³/mol. The summed E-state index contributed by atoms with van der Waals surface area (Å²) in [4.78, 5) is 10.5. The van der Waals surface area contributed by atoms with Gasteiger partial charge in [0.25, 0.3) is 0 Å². The third-order valence-corrected chi connectivity index (χ3v) is 5.20. The smallest absolute Gasteiger partial charge is 0.208 e. The van der Waals surface area contributed by atoms with E-state index in [-0.39, 0.29) is 0 Å². The molecule has 23 heavy (non-hydrogen) atoms. The van der Waals surface area contributed by atoms with Gasteiger partial charge in [0.2, 0.25) is 5.16 Å². The first-order chi connectivity index (χ1) is 11.4. The largest absolute Gasteiger partial charge is 0.262 e. The average molecular weight is 338 g/mol. The van der Waals surface area contributed by atoms with Gasteiger partial charge in [-0.05, 0) is 23.6 Å². The summed E-state index contributed by atoms with van der Waals surface area (Å²) in [5.74, 6) is 1.67. The Morgan fingerprint density at radius 2 is 1.96 bits per heavy atom. The van der Waals surface area contributed by atoms with Crippen molar-refractivity contribution >= 4 is 34.0 Å². The first kappa shape index (κ1) is 14.4. The molecule has 0 saturated heterocycles. The summed E-state index contributed by atoms with van der Waals surface area (Å²) < 4.78 is 0. The van der Waals surface area contributed by atoms with Gasteiger partial charge in [-0.2, -0.15) is 0 Å². The van der Waals surface area contributed by atoms with E-state index in [9.17, 15) is 0 Å². The van der Waals surface area contributed by atoms with Gasteiger partial charge in [0.1, 0.15) is 5.82 Å². The fraction of sp³-hybridized carbons (Fsp3) is 0.118. The maximum Gasteiger partial charge on any atom is 0.208 e. The van der Waals surface area contributed by atoms with E-state index in [0.29, 0.717) is 0 Å². The van der Waals surface area contributed by atoms with Crippen LogP contribution in [0.15, 0.2) is 59.1 Å². The van der Waals surface area contributed by atoms with Crippen molar-refractivity contribution in [3.05, 3.63) is 70.3 Å². The fourth-order valence-corrected chi connectivity index (χ4v) is 3.76. The standard InChI is InChI=1S/C17H14N4S2/c1-2-6-15-12(4-1)7-8-13(18-15)11-23-17-19-16(20-21-17)10-14-5-3-9-22-14/h1-9H,10-11H2,(H,19,20,21). The van der Waals surface area contributed by atoms with Crippen LogP contribution in [-0.2, 0) is 12.2 Å². The van der Waals surface area contributed by atoms with Crippen LogP contribution in [0.25, 0.3) is 10.9 Å². The van der Waals surface area contributed by atoms with Crippen LogP contribution in [0.5, 0.6) is 0 Å². The molecule has 3 heterocycles. The highest BCUT2D eigenvalue weighted by molar-refractivity contribution is 7.98. The van der Waals surface area contributed by atoms with Gasteiger partial charge in [-0.15, -0.1) is 16.4 Å². The number of thioether (sulfide) groups is 1. The van der Waals surface area contributed by atoms with Crippen molar-refractivity contribution in [3.8, 4) is 0 Å². The molecule has 4 rings (SSSR count). The van der Waals surface area contributed by atoms with Crippen molar-refractivity contribution in [2.45, 2.75) is 17.3 Å². The zero-order valence-corrected chi connectivity index (χ0v) is 13.9. The molecule has 0 atom stereocenters. The fourth-order valence-electron chi connectivity index (χ4n) is 2.33. The first-order valence-electron chi connectivity index (χ1n) is 7.28. The van der Waals surface area contributed by atoms with Gasteiger partial charge in [-0.3, -0.25) is 10.1 Å². The number of hydrogen-bond donors (Lipinski definition) is 1. The summed E-state index contributed by atoms with van der Waals surface area (Å²) in [5.41, 5.74) is 2.07. The van der Waals surface area contributed by atoms with E-state index in [1.165, 1.54) is 4.88 Å². The minimum absolute atomic E-state index is 0.765. The quantitative estimate of drug-likeness (QED) is 0.551. The predicted octanol–water partition coefficient (Wildman–Crippen LogP) is 4.30. The van der Waals surface area contributed by atoms with E-state index in [0.717, 1.165) is 39.8 Å². The van der Waals surface area contributed by atoms with Crippen LogP contribution < -0.4 is 0 Å². The molecule has 6 heteroatoms. The molecule has 4 aromatic rings. The zero-order valence-electron chi connectivity index (χ0n) is 12.3. The van der Waals surface area contributed by atoms with Crippen molar-refractivity contribution < 1.29 is 0 Å². The van der Waals surface area contributed by atoms with Gasteiger partial charge in [-0.1, -0.05) is 42.1 Å². The summed E-state index contributed by atoms with van der Waals surface area (Å²) in [5, 5.41) is 11.3. The molecule has 0 fully saturated rings. The lowest BCUT2D eigenvalue weighted by Gasteiger charge is -2.01. The van der Waals surface area contributed by atoms with E-state index in [4.69, 9.17) is 0 Å². The molecule has 114 valence electrons. The first-order valence-corrected chi connectivity index (χ1v) is 9.14. The van der Waals surface area contributed by atoms with Crippen LogP contribution >= 0.6 is 23.1 Å². The van der Waals surface area contributed by atoms with Crippen LogP contribution in [-0.4, -0.2) is 20.2 Å². The number of aromatic amines is 1. The number of H-pyrrole nitrogens is 1. The molecule has 1 N–H and O–H groups in total. The highest BCUT2D eigenvalue weighted by Crippen LogP contribution is 2.21. The summed E-state index contributed by atoms with van der Waals surface area (Å²) in [7, 11) is 0. The molecule has 3 aromatic heterocycles. The van der Waals surface area contributed by atoms with Crippen molar-refractivity contribution in [2.24, 2.45) is 0 Å². The van der Waals surface area contributed by atoms with Gasteiger partial charge >= 0.3 is 0 Å². The van der Waals surface area contributed by atoms with E-state index in [1.807, 2.05) is 18.2 Å². The Balaban J connectivity index is 1.42. The summed E-state index contributed by atoms with van der Waals surface area (Å²) in [6.07, 6.45) is 0.805. The number of nitrogens with one attached hydrogen (secondary N) is 1. The number of hydrogen-bond acceptors (Lipinski definition) is 5. The number of fused-ring (bicyclic) bond motifs is 1. The molecule has 1 aromatic carbocycles. The van der Waals surface area contributed by atoms with E-state index < -0.39 is 0 Å². The highest BCUT2D eigenvalue weighted by atomic mass is 32.2. The minimum atomic E-state index is 0.765. The molecular formula is C17H14N4S2. The van der Waals surface area contributed by atoms with Gasteiger partial charge in [0.05, 0.1) is 11.2 Å². The monoisotopic (exact) mass is 338 g/mol. The maximum atomic E-state index is 4.67. The van der Waals surface area contributed by atoms with Gasteiger partial charge < -0.3 is 0 Å². The van der Waals surface area contributed by atoms with Crippen LogP contribution in [0.4, 0.5) is 0 Å². The zero-order chi connectivity index (χ0) is 15.5. The Labute approximate surface area is 142 Å². The van der Waals surface area contributed by atoms with Gasteiger partial charge in [-0.25, -0.2) is 4.98 Å². The second-order valence-corrected chi connectivity index (χ2v) is 7.08. The Hall–Kier alpha value is -2.18. The highest BCUT2D eigenvalue weighted by Gasteiger charge is 2.07. The van der Waals surface area contributed by atoms with Crippen LogP contribution in [0, 0.1) is 0 Å². The van der Waals surface area contributed by atoms with E-state index >= 15 is 0 Å². The van der Waals surface area contributed by atoms with E-state index in [2.05, 4.69) is 55.9 Å². The topological polar surface area (TPSA) is 54.5 Å². The molecule has 0 radical (unpaired) electrons. The molecule has 0 spiro atoms. The third-order valence-electron chi connectivity index (χ3n) is 3.44. The lowest BCUT2D eigenvalue weighted by atomic mass is 10.2. The van der Waals surface area contributed by atoms with Crippen molar-refractivity contribution in [1.82, 2.24) is 20.2 Å². The number of para-hydroxylation sites is 1. The molecule has 0 bridgehead atoms. The summed E-state index contributed by atoms with van der Waals surface area (Å²) >= 11 is 3.34. The lowest BCUT2D eigenvalue weighted by molar-refractivity contribution is 0.959. The summed E-state index contributed by atoms with van der Waals surface area (Å²) in [6, 6.07) is 16.5. The minimum Gasteiger partial charge on any atom is -0.262 e. The number of benzene rings is 1. The Morgan fingerprint density at radius 3 is 2.87 bits per heavy atom. The van der Waals surface area contributed by atoms with Crippen LogP contribution in [0.3, 0.4) is 0 Å². The normalized spacial score (nSPS) is 11.1. The second kappa shape index (κ2) is 6.52. The molecule has 4 nitrogen and oxygen atoms in total. The number of rotatable bonds is 5. The van der Waals surface area contributed by atoms with Gasteiger partial charge in [0.15, 0.2) is 0 Å². The van der Waals surface area contributed by atoms with Crippen molar-refractivity contribution in [1.29, 1.82) is 0 Å². The SMILES string of the molecule is c1csc(Cc2nc(SCc3ccc4ccccc4n3)n[nH]2)c1. The number of thiophene rings is 1. The van der Waals surface area contributed by atoms with Crippen LogP contribution in [0.1, 0.15) is 16.4 Å². The Kier molecular flexibility index (Phi) is 4.08. The molecule has 0 aliphatic carbocycles. The van der Waals surface area contributed by atoms with E-state index in [1.54, 1.807) is 23.1 Å². The Morgan fingerprint density at radius 1 is 1.00 bits per heavy atom. The molecule has 0 amide bonds. The maximum absolute atomic E-state index is 4.67. The van der Waals surface area contributed by atoms with Crippen molar-refractivity contribution in [3.63, 3.8) is 0 Å². The van der Waals surface area contributed by atoms with Crippen LogP contribution in [0.2, 0.25) is 0 Å². The van der Waals surface area contributed by atoms with Crippen molar-refractivity contribution in [2.75, 3.05) is 0 Å². The molecule has 0 aliphatic heterocycles. The van der Waals surface area contributed by atoms with Gasteiger partial charge in [0, 0.05) is 22.4 Å². The molecule has 0 aliphatic rings.